The van der Waals surface area contributed by atoms with Gasteiger partial charge in [-0.25, -0.2) is 0 Å². The van der Waals surface area contributed by atoms with Crippen molar-refractivity contribution in [2.45, 2.75) is 32.9 Å². The smallest absolute Gasteiger partial charge is 0.260 e. The number of hydrogen-bond acceptors (Lipinski definition) is 3. The molecule has 1 aromatic carbocycles. The molecule has 1 unspecified atom stereocenters. The zero-order chi connectivity index (χ0) is 13.7. The molecule has 5 heteroatoms. The summed E-state index contributed by atoms with van der Waals surface area (Å²) in [6.45, 7) is 5.32. The maximum Gasteiger partial charge on any atom is 0.260 e. The van der Waals surface area contributed by atoms with E-state index in [1.165, 1.54) is 0 Å². The Morgan fingerprint density at radius 3 is 2.61 bits per heavy atom. The lowest BCUT2D eigenvalue weighted by Crippen LogP contribution is -2.40. The van der Waals surface area contributed by atoms with E-state index in [4.69, 9.17) is 16.3 Å². The van der Waals surface area contributed by atoms with E-state index in [2.05, 4.69) is 5.32 Å². The van der Waals surface area contributed by atoms with Crippen molar-refractivity contribution in [3.63, 3.8) is 0 Å². The topological polar surface area (TPSA) is 55.4 Å². The number of nitrogens with one attached hydrogen (secondary N) is 1. The summed E-state index contributed by atoms with van der Waals surface area (Å²) in [4.78, 5) is 22.6. The van der Waals surface area contributed by atoms with E-state index < -0.39 is 6.10 Å². The lowest BCUT2D eigenvalue weighted by molar-refractivity contribution is -0.127. The number of benzene rings is 1. The van der Waals surface area contributed by atoms with Gasteiger partial charge in [0.2, 0.25) is 0 Å². The first-order chi connectivity index (χ1) is 8.45. The lowest BCUT2D eigenvalue weighted by atomic mass is 10.2. The van der Waals surface area contributed by atoms with Crippen molar-refractivity contribution in [2.75, 3.05) is 0 Å². The highest BCUT2D eigenvalue weighted by molar-refractivity contribution is 6.32. The maximum atomic E-state index is 11.7. The van der Waals surface area contributed by atoms with Crippen LogP contribution in [0.15, 0.2) is 18.2 Å². The largest absolute Gasteiger partial charge is 0.479 e. The molecule has 0 aliphatic carbocycles. The van der Waals surface area contributed by atoms with Gasteiger partial charge in [-0.1, -0.05) is 17.7 Å². The molecule has 0 saturated heterocycles. The number of para-hydroxylation sites is 1. The van der Waals surface area contributed by atoms with Crippen LogP contribution in [0.2, 0.25) is 5.02 Å². The first-order valence-corrected chi connectivity index (χ1v) is 6.04. The van der Waals surface area contributed by atoms with Gasteiger partial charge in [-0.2, -0.15) is 0 Å². The molecule has 0 saturated carbocycles. The highest BCUT2D eigenvalue weighted by atomic mass is 35.5. The summed E-state index contributed by atoms with van der Waals surface area (Å²) >= 11 is 5.95. The molecule has 0 heterocycles. The number of halogens is 1. The van der Waals surface area contributed by atoms with Gasteiger partial charge in [0.25, 0.3) is 5.91 Å². The van der Waals surface area contributed by atoms with Crippen LogP contribution in [0.25, 0.3) is 0 Å². The fraction of sp³-hybridized carbons (Fsp3) is 0.385. The van der Waals surface area contributed by atoms with Crippen LogP contribution in [0.5, 0.6) is 5.75 Å². The van der Waals surface area contributed by atoms with Gasteiger partial charge in [0.15, 0.2) is 12.4 Å². The molecule has 1 N–H and O–H groups in total. The van der Waals surface area contributed by atoms with Crippen LogP contribution >= 0.6 is 11.6 Å². The van der Waals surface area contributed by atoms with Gasteiger partial charge in [-0.05, 0) is 32.9 Å². The molecular formula is C13H16ClNO3. The third-order valence-electron chi connectivity index (χ3n) is 2.22. The van der Waals surface area contributed by atoms with Crippen molar-refractivity contribution in [1.82, 2.24) is 5.32 Å². The molecule has 0 aliphatic heterocycles. The van der Waals surface area contributed by atoms with E-state index in [0.29, 0.717) is 16.9 Å². The van der Waals surface area contributed by atoms with E-state index in [0.717, 1.165) is 0 Å². The maximum absolute atomic E-state index is 11.7. The summed E-state index contributed by atoms with van der Waals surface area (Å²) in [7, 11) is 0. The number of amides is 1. The van der Waals surface area contributed by atoms with Gasteiger partial charge in [0.1, 0.15) is 5.75 Å². The zero-order valence-electron chi connectivity index (χ0n) is 10.6. The SMILES string of the molecule is CC(C)NC(=O)C(C)Oc1c(Cl)cccc1C=O. The molecule has 18 heavy (non-hydrogen) atoms. The summed E-state index contributed by atoms with van der Waals surface area (Å²) in [6, 6.07) is 4.87. The molecule has 0 aromatic heterocycles. The Morgan fingerprint density at radius 2 is 2.06 bits per heavy atom. The van der Waals surface area contributed by atoms with Gasteiger partial charge >= 0.3 is 0 Å². The number of hydrogen-bond donors (Lipinski definition) is 1. The number of carbonyl (C=O) groups excluding carboxylic acids is 2. The first kappa shape index (κ1) is 14.5. The van der Waals surface area contributed by atoms with Gasteiger partial charge in [-0.15, -0.1) is 0 Å². The molecule has 1 amide bonds. The fourth-order valence-corrected chi connectivity index (χ4v) is 1.60. The Kier molecular flexibility index (Phi) is 5.16. The average molecular weight is 270 g/mol. The summed E-state index contributed by atoms with van der Waals surface area (Å²) in [5, 5.41) is 3.03. The van der Waals surface area contributed by atoms with E-state index >= 15 is 0 Å². The molecule has 4 nitrogen and oxygen atoms in total. The third-order valence-corrected chi connectivity index (χ3v) is 2.52. The zero-order valence-corrected chi connectivity index (χ0v) is 11.3. The van der Waals surface area contributed by atoms with Crippen molar-refractivity contribution >= 4 is 23.8 Å². The Morgan fingerprint density at radius 1 is 1.39 bits per heavy atom. The summed E-state index contributed by atoms with van der Waals surface area (Å²) < 4.78 is 5.45. The number of aldehydes is 1. The van der Waals surface area contributed by atoms with Crippen molar-refractivity contribution in [2.24, 2.45) is 0 Å². The van der Waals surface area contributed by atoms with E-state index in [-0.39, 0.29) is 17.7 Å². The molecule has 1 rings (SSSR count). The molecule has 0 spiro atoms. The number of carbonyl (C=O) groups is 2. The standard InChI is InChI=1S/C13H16ClNO3/c1-8(2)15-13(17)9(3)18-12-10(7-16)5-4-6-11(12)14/h4-9H,1-3H3,(H,15,17). The normalized spacial score (nSPS) is 12.1. The molecule has 0 radical (unpaired) electrons. The fourth-order valence-electron chi connectivity index (χ4n) is 1.37. The van der Waals surface area contributed by atoms with Crippen LogP contribution in [-0.2, 0) is 4.79 Å². The highest BCUT2D eigenvalue weighted by Gasteiger charge is 2.18. The van der Waals surface area contributed by atoms with Crippen molar-refractivity contribution in [3.8, 4) is 5.75 Å². The minimum Gasteiger partial charge on any atom is -0.479 e. The van der Waals surface area contributed by atoms with Gasteiger partial charge in [0, 0.05) is 6.04 Å². The first-order valence-electron chi connectivity index (χ1n) is 5.66. The molecule has 0 fully saturated rings. The summed E-state index contributed by atoms with van der Waals surface area (Å²) in [5.74, 6) is -0.0117. The Bertz CT molecular complexity index is 446. The van der Waals surface area contributed by atoms with Gasteiger partial charge in [-0.3, -0.25) is 9.59 Å². The second kappa shape index (κ2) is 6.40. The van der Waals surface area contributed by atoms with Crippen molar-refractivity contribution < 1.29 is 14.3 Å². The molecule has 98 valence electrons. The van der Waals surface area contributed by atoms with E-state index in [9.17, 15) is 9.59 Å². The second-order valence-corrected chi connectivity index (χ2v) is 4.61. The molecular weight excluding hydrogens is 254 g/mol. The minimum absolute atomic E-state index is 0.0281. The number of rotatable bonds is 5. The van der Waals surface area contributed by atoms with Gasteiger partial charge in [0.05, 0.1) is 10.6 Å². The molecule has 0 aliphatic rings. The third kappa shape index (κ3) is 3.74. The van der Waals surface area contributed by atoms with E-state index in [1.807, 2.05) is 13.8 Å². The average Bonchev–Trinajstić information content (AvgIpc) is 2.30. The Labute approximate surface area is 111 Å². The van der Waals surface area contributed by atoms with E-state index in [1.54, 1.807) is 25.1 Å². The monoisotopic (exact) mass is 269 g/mol. The lowest BCUT2D eigenvalue weighted by Gasteiger charge is -2.18. The summed E-state index contributed by atoms with van der Waals surface area (Å²) in [6.07, 6.45) is -0.0696. The Balaban J connectivity index is 2.84. The van der Waals surface area contributed by atoms with Crippen molar-refractivity contribution in [1.29, 1.82) is 0 Å². The molecule has 1 atom stereocenters. The van der Waals surface area contributed by atoms with Crippen LogP contribution in [0, 0.1) is 0 Å². The number of ether oxygens (including phenoxy) is 1. The van der Waals surface area contributed by atoms with Crippen LogP contribution < -0.4 is 10.1 Å². The van der Waals surface area contributed by atoms with Crippen molar-refractivity contribution in [3.05, 3.63) is 28.8 Å². The molecule has 1 aromatic rings. The second-order valence-electron chi connectivity index (χ2n) is 4.20. The quantitative estimate of drug-likeness (QED) is 0.836. The van der Waals surface area contributed by atoms with Crippen LogP contribution in [0.3, 0.4) is 0 Å². The predicted molar refractivity (Wildman–Crippen MR) is 70.2 cm³/mol. The van der Waals surface area contributed by atoms with Crippen LogP contribution in [0.1, 0.15) is 31.1 Å². The summed E-state index contributed by atoms with van der Waals surface area (Å²) in [5.41, 5.74) is 0.326. The predicted octanol–water partition coefficient (Wildman–Crippen LogP) is 2.44. The molecule has 0 bridgehead atoms. The highest BCUT2D eigenvalue weighted by Crippen LogP contribution is 2.28. The minimum atomic E-state index is -0.717. The Hall–Kier alpha value is -1.55. The van der Waals surface area contributed by atoms with Gasteiger partial charge < -0.3 is 10.1 Å². The van der Waals surface area contributed by atoms with Crippen LogP contribution in [0.4, 0.5) is 0 Å². The van der Waals surface area contributed by atoms with Crippen LogP contribution in [-0.4, -0.2) is 24.3 Å².